The average molecular weight is 188 g/mol. The summed E-state index contributed by atoms with van der Waals surface area (Å²) in [6.45, 7) is 6.90. The number of carbonyl (C=O) groups excluding carboxylic acids is 1. The van der Waals surface area contributed by atoms with E-state index in [-0.39, 0.29) is 12.1 Å². The van der Waals surface area contributed by atoms with Crippen molar-refractivity contribution < 1.29 is 14.3 Å². The van der Waals surface area contributed by atoms with E-state index in [1.54, 1.807) is 0 Å². The Labute approximate surface area is 80.4 Å². The lowest BCUT2D eigenvalue weighted by molar-refractivity contribution is -0.143. The van der Waals surface area contributed by atoms with Crippen molar-refractivity contribution >= 4 is 5.97 Å². The first kappa shape index (κ1) is 12.4. The van der Waals surface area contributed by atoms with Gasteiger partial charge in [-0.25, -0.2) is 0 Å². The van der Waals surface area contributed by atoms with Crippen molar-refractivity contribution in [1.29, 1.82) is 0 Å². The van der Waals surface area contributed by atoms with Crippen molar-refractivity contribution in [2.75, 3.05) is 13.7 Å². The van der Waals surface area contributed by atoms with Crippen LogP contribution in [-0.4, -0.2) is 25.8 Å². The Morgan fingerprint density at radius 3 is 2.38 bits per heavy atom. The summed E-state index contributed by atoms with van der Waals surface area (Å²) < 4.78 is 9.95. The zero-order valence-corrected chi connectivity index (χ0v) is 9.00. The van der Waals surface area contributed by atoms with Crippen molar-refractivity contribution in [2.24, 2.45) is 5.92 Å². The molecule has 0 fully saturated rings. The van der Waals surface area contributed by atoms with E-state index < -0.39 is 0 Å². The van der Waals surface area contributed by atoms with Crippen LogP contribution in [0.4, 0.5) is 0 Å². The molecule has 0 amide bonds. The molecule has 0 saturated carbocycles. The van der Waals surface area contributed by atoms with Gasteiger partial charge in [0, 0.05) is 6.61 Å². The predicted octanol–water partition coefficient (Wildman–Crippen LogP) is 2.00. The highest BCUT2D eigenvalue weighted by Gasteiger charge is 2.09. The average Bonchev–Trinajstić information content (AvgIpc) is 2.03. The van der Waals surface area contributed by atoms with Crippen LogP contribution in [0.5, 0.6) is 0 Å². The monoisotopic (exact) mass is 188 g/mol. The fourth-order valence-electron chi connectivity index (χ4n) is 0.882. The molecule has 78 valence electrons. The lowest BCUT2D eigenvalue weighted by Gasteiger charge is -2.12. The van der Waals surface area contributed by atoms with E-state index in [2.05, 4.69) is 18.6 Å². The van der Waals surface area contributed by atoms with E-state index in [9.17, 15) is 4.79 Å². The van der Waals surface area contributed by atoms with Crippen LogP contribution < -0.4 is 0 Å². The molecule has 1 atom stereocenters. The number of methoxy groups -OCH3 is 1. The van der Waals surface area contributed by atoms with Crippen LogP contribution in [0.3, 0.4) is 0 Å². The zero-order valence-electron chi connectivity index (χ0n) is 9.00. The second-order valence-electron chi connectivity index (χ2n) is 3.64. The molecule has 0 aliphatic heterocycles. The summed E-state index contributed by atoms with van der Waals surface area (Å²) in [7, 11) is 1.39. The molecule has 0 saturated heterocycles. The first-order chi connectivity index (χ1) is 6.06. The smallest absolute Gasteiger partial charge is 0.308 e. The van der Waals surface area contributed by atoms with E-state index in [0.717, 1.165) is 13.0 Å². The second kappa shape index (κ2) is 6.89. The van der Waals surface area contributed by atoms with Crippen molar-refractivity contribution in [3.8, 4) is 0 Å². The predicted molar refractivity (Wildman–Crippen MR) is 51.5 cm³/mol. The van der Waals surface area contributed by atoms with Gasteiger partial charge >= 0.3 is 5.97 Å². The highest BCUT2D eigenvalue weighted by molar-refractivity contribution is 5.69. The minimum atomic E-state index is -0.211. The number of esters is 1. The summed E-state index contributed by atoms with van der Waals surface area (Å²) in [5.74, 6) is 0.433. The van der Waals surface area contributed by atoms with Crippen LogP contribution in [0.25, 0.3) is 0 Å². The summed E-state index contributed by atoms with van der Waals surface area (Å²) in [5, 5.41) is 0. The molecule has 0 radical (unpaired) electrons. The van der Waals surface area contributed by atoms with Crippen LogP contribution in [0.1, 0.15) is 33.6 Å². The van der Waals surface area contributed by atoms with Gasteiger partial charge in [0.05, 0.1) is 19.6 Å². The standard InChI is InChI=1S/C10H20O3/c1-8(2)5-6-13-9(3)7-10(11)12-4/h8-9H,5-7H2,1-4H3. The summed E-state index contributed by atoms with van der Waals surface area (Å²) in [6, 6.07) is 0. The Balaban J connectivity index is 3.40. The third-order valence-corrected chi connectivity index (χ3v) is 1.78. The van der Waals surface area contributed by atoms with E-state index in [0.29, 0.717) is 12.3 Å². The van der Waals surface area contributed by atoms with Crippen LogP contribution in [0, 0.1) is 5.92 Å². The molecule has 3 heteroatoms. The number of ether oxygens (including phenoxy) is 2. The molecule has 0 bridgehead atoms. The molecular weight excluding hydrogens is 168 g/mol. The van der Waals surface area contributed by atoms with Gasteiger partial charge in [0.1, 0.15) is 0 Å². The molecule has 0 heterocycles. The lowest BCUT2D eigenvalue weighted by atomic mass is 10.1. The molecule has 0 aliphatic carbocycles. The highest BCUT2D eigenvalue weighted by Crippen LogP contribution is 2.04. The molecule has 0 aromatic carbocycles. The first-order valence-corrected chi connectivity index (χ1v) is 4.74. The maximum absolute atomic E-state index is 10.8. The summed E-state index contributed by atoms with van der Waals surface area (Å²) in [6.07, 6.45) is 1.34. The summed E-state index contributed by atoms with van der Waals surface area (Å²) in [5.41, 5.74) is 0. The van der Waals surface area contributed by atoms with Crippen LogP contribution >= 0.6 is 0 Å². The number of hydrogen-bond donors (Lipinski definition) is 0. The van der Waals surface area contributed by atoms with Gasteiger partial charge in [0.15, 0.2) is 0 Å². The van der Waals surface area contributed by atoms with E-state index in [1.165, 1.54) is 7.11 Å². The van der Waals surface area contributed by atoms with E-state index >= 15 is 0 Å². The SMILES string of the molecule is COC(=O)CC(C)OCCC(C)C. The van der Waals surface area contributed by atoms with Gasteiger partial charge < -0.3 is 9.47 Å². The quantitative estimate of drug-likeness (QED) is 0.598. The molecule has 3 nitrogen and oxygen atoms in total. The van der Waals surface area contributed by atoms with E-state index in [1.807, 2.05) is 6.92 Å². The molecule has 1 unspecified atom stereocenters. The molecule has 0 aliphatic rings. The van der Waals surface area contributed by atoms with Gasteiger partial charge in [-0.3, -0.25) is 4.79 Å². The third-order valence-electron chi connectivity index (χ3n) is 1.78. The zero-order chi connectivity index (χ0) is 10.3. The highest BCUT2D eigenvalue weighted by atomic mass is 16.5. The van der Waals surface area contributed by atoms with Crippen molar-refractivity contribution in [1.82, 2.24) is 0 Å². The maximum atomic E-state index is 10.8. The van der Waals surface area contributed by atoms with Crippen molar-refractivity contribution in [2.45, 2.75) is 39.7 Å². The molecule has 0 aromatic rings. The molecular formula is C10H20O3. The van der Waals surface area contributed by atoms with Gasteiger partial charge in [0.25, 0.3) is 0 Å². The number of carbonyl (C=O) groups is 1. The van der Waals surface area contributed by atoms with Gasteiger partial charge in [-0.2, -0.15) is 0 Å². The normalized spacial score (nSPS) is 13.0. The number of hydrogen-bond acceptors (Lipinski definition) is 3. The van der Waals surface area contributed by atoms with Crippen LogP contribution in [0.2, 0.25) is 0 Å². The largest absolute Gasteiger partial charge is 0.469 e. The van der Waals surface area contributed by atoms with Gasteiger partial charge in [-0.15, -0.1) is 0 Å². The van der Waals surface area contributed by atoms with E-state index in [4.69, 9.17) is 4.74 Å². The Hall–Kier alpha value is -0.570. The van der Waals surface area contributed by atoms with Gasteiger partial charge in [0.2, 0.25) is 0 Å². The molecule has 0 N–H and O–H groups in total. The Kier molecular flexibility index (Phi) is 6.59. The maximum Gasteiger partial charge on any atom is 0.308 e. The summed E-state index contributed by atoms with van der Waals surface area (Å²) >= 11 is 0. The fraction of sp³-hybridized carbons (Fsp3) is 0.900. The topological polar surface area (TPSA) is 35.5 Å². The summed E-state index contributed by atoms with van der Waals surface area (Å²) in [4.78, 5) is 10.8. The number of rotatable bonds is 6. The van der Waals surface area contributed by atoms with Crippen molar-refractivity contribution in [3.63, 3.8) is 0 Å². The first-order valence-electron chi connectivity index (χ1n) is 4.74. The van der Waals surface area contributed by atoms with Crippen LogP contribution in [0.15, 0.2) is 0 Å². The molecule has 13 heavy (non-hydrogen) atoms. The molecule has 0 rings (SSSR count). The van der Waals surface area contributed by atoms with Crippen molar-refractivity contribution in [3.05, 3.63) is 0 Å². The Bertz CT molecular complexity index is 143. The molecule has 0 spiro atoms. The van der Waals surface area contributed by atoms with Crippen LogP contribution in [-0.2, 0) is 14.3 Å². The minimum absolute atomic E-state index is 0.0359. The minimum Gasteiger partial charge on any atom is -0.469 e. The fourth-order valence-corrected chi connectivity index (χ4v) is 0.882. The Morgan fingerprint density at radius 1 is 1.31 bits per heavy atom. The lowest BCUT2D eigenvalue weighted by Crippen LogP contribution is -2.16. The van der Waals surface area contributed by atoms with Gasteiger partial charge in [-0.05, 0) is 19.3 Å². The third kappa shape index (κ3) is 7.78. The Morgan fingerprint density at radius 2 is 1.92 bits per heavy atom. The molecule has 0 aromatic heterocycles. The second-order valence-corrected chi connectivity index (χ2v) is 3.64. The van der Waals surface area contributed by atoms with Gasteiger partial charge in [-0.1, -0.05) is 13.8 Å².